The third-order valence-corrected chi connectivity index (χ3v) is 6.05. The van der Waals surface area contributed by atoms with E-state index in [1.807, 2.05) is 41.3 Å². The van der Waals surface area contributed by atoms with Crippen LogP contribution in [0.3, 0.4) is 0 Å². The lowest BCUT2D eigenvalue weighted by atomic mass is 9.95. The van der Waals surface area contributed by atoms with E-state index in [2.05, 4.69) is 22.3 Å². The predicted molar refractivity (Wildman–Crippen MR) is 116 cm³/mol. The Morgan fingerprint density at radius 3 is 2.31 bits per heavy atom. The number of rotatable bonds is 5. The number of hydrogen-bond donors (Lipinski definition) is 1. The van der Waals surface area contributed by atoms with Gasteiger partial charge in [0.05, 0.1) is 0 Å². The molecular weight excluding hydrogens is 386 g/mol. The van der Waals surface area contributed by atoms with Crippen molar-refractivity contribution in [3.8, 4) is 0 Å². The summed E-state index contributed by atoms with van der Waals surface area (Å²) < 4.78 is 0. The average molecular weight is 412 g/mol. The van der Waals surface area contributed by atoms with Gasteiger partial charge in [0.1, 0.15) is 0 Å². The maximum Gasteiger partial charge on any atom is 0.227 e. The third-order valence-electron chi connectivity index (χ3n) is 5.80. The molecule has 2 aromatic carbocycles. The van der Waals surface area contributed by atoms with E-state index in [9.17, 15) is 9.59 Å². The van der Waals surface area contributed by atoms with Gasteiger partial charge in [-0.2, -0.15) is 0 Å². The van der Waals surface area contributed by atoms with Crippen LogP contribution < -0.4 is 10.2 Å². The number of carbonyl (C=O) groups excluding carboxylic acids is 2. The van der Waals surface area contributed by atoms with Crippen molar-refractivity contribution in [3.05, 3.63) is 59.1 Å². The Bertz CT molecular complexity index is 859. The Labute approximate surface area is 176 Å². The molecular formula is C23H26ClN3O2. The van der Waals surface area contributed by atoms with Crippen LogP contribution in [0.2, 0.25) is 5.02 Å². The zero-order valence-corrected chi connectivity index (χ0v) is 17.2. The second kappa shape index (κ2) is 8.97. The van der Waals surface area contributed by atoms with E-state index in [1.54, 1.807) is 0 Å². The SMILES string of the molecule is O=C(Nc1ccc(N2CCCC2=O)cc1)C1CCN(Cc2ccc(Cl)cc2)CC1. The fourth-order valence-electron chi connectivity index (χ4n) is 4.09. The van der Waals surface area contributed by atoms with Crippen LogP contribution in [-0.4, -0.2) is 36.3 Å². The van der Waals surface area contributed by atoms with Gasteiger partial charge in [0.2, 0.25) is 11.8 Å². The van der Waals surface area contributed by atoms with Gasteiger partial charge in [-0.3, -0.25) is 14.5 Å². The topological polar surface area (TPSA) is 52.7 Å². The number of carbonyl (C=O) groups is 2. The van der Waals surface area contributed by atoms with E-state index in [1.165, 1.54) is 5.56 Å². The molecule has 2 saturated heterocycles. The molecule has 29 heavy (non-hydrogen) atoms. The summed E-state index contributed by atoms with van der Waals surface area (Å²) in [5, 5.41) is 3.79. The van der Waals surface area contributed by atoms with Gasteiger partial charge in [-0.1, -0.05) is 23.7 Å². The van der Waals surface area contributed by atoms with Crippen LogP contribution in [0.1, 0.15) is 31.2 Å². The van der Waals surface area contributed by atoms with Crippen LogP contribution in [0, 0.1) is 5.92 Å². The lowest BCUT2D eigenvalue weighted by Gasteiger charge is -2.31. The zero-order chi connectivity index (χ0) is 20.2. The average Bonchev–Trinajstić information content (AvgIpc) is 3.17. The number of halogens is 1. The summed E-state index contributed by atoms with van der Waals surface area (Å²) in [6.07, 6.45) is 3.25. The molecule has 2 aromatic rings. The minimum Gasteiger partial charge on any atom is -0.326 e. The molecule has 0 bridgehead atoms. The number of nitrogens with zero attached hydrogens (tertiary/aromatic N) is 2. The van der Waals surface area contributed by atoms with E-state index in [0.717, 1.165) is 61.8 Å². The number of likely N-dealkylation sites (tertiary alicyclic amines) is 1. The van der Waals surface area contributed by atoms with Gasteiger partial charge < -0.3 is 10.2 Å². The summed E-state index contributed by atoms with van der Waals surface area (Å²) in [6.45, 7) is 3.49. The van der Waals surface area contributed by atoms with Crippen LogP contribution in [0.15, 0.2) is 48.5 Å². The van der Waals surface area contributed by atoms with Crippen LogP contribution in [-0.2, 0) is 16.1 Å². The molecule has 2 amide bonds. The molecule has 0 spiro atoms. The number of anilines is 2. The van der Waals surface area contributed by atoms with Crippen molar-refractivity contribution in [1.29, 1.82) is 0 Å². The van der Waals surface area contributed by atoms with Crippen molar-refractivity contribution in [2.75, 3.05) is 29.9 Å². The molecule has 2 aliphatic heterocycles. The molecule has 0 unspecified atom stereocenters. The van der Waals surface area contributed by atoms with Crippen molar-refractivity contribution < 1.29 is 9.59 Å². The van der Waals surface area contributed by atoms with E-state index in [0.29, 0.717) is 6.42 Å². The number of amides is 2. The van der Waals surface area contributed by atoms with Crippen LogP contribution in [0.4, 0.5) is 11.4 Å². The zero-order valence-electron chi connectivity index (χ0n) is 16.4. The number of benzene rings is 2. The van der Waals surface area contributed by atoms with Gasteiger partial charge in [-0.15, -0.1) is 0 Å². The standard InChI is InChI=1S/C23H26ClN3O2/c24-19-5-3-17(4-6-19)16-26-14-11-18(12-15-26)23(29)25-20-7-9-21(10-8-20)27-13-1-2-22(27)28/h3-10,18H,1-2,11-16H2,(H,25,29). The first-order valence-corrected chi connectivity index (χ1v) is 10.6. The monoisotopic (exact) mass is 411 g/mol. The van der Waals surface area contributed by atoms with Gasteiger partial charge in [0.15, 0.2) is 0 Å². The second-order valence-electron chi connectivity index (χ2n) is 7.86. The molecule has 1 N–H and O–H groups in total. The predicted octanol–water partition coefficient (Wildman–Crippen LogP) is 4.32. The first-order valence-electron chi connectivity index (χ1n) is 10.3. The molecule has 0 atom stereocenters. The molecule has 152 valence electrons. The van der Waals surface area contributed by atoms with E-state index in [4.69, 9.17) is 11.6 Å². The van der Waals surface area contributed by atoms with Gasteiger partial charge in [-0.25, -0.2) is 0 Å². The van der Waals surface area contributed by atoms with E-state index < -0.39 is 0 Å². The van der Waals surface area contributed by atoms with Gasteiger partial charge in [0, 0.05) is 41.8 Å². The van der Waals surface area contributed by atoms with Crippen LogP contribution >= 0.6 is 11.6 Å². The third kappa shape index (κ3) is 4.98. The Morgan fingerprint density at radius 1 is 1.00 bits per heavy atom. The van der Waals surface area contributed by atoms with Crippen LogP contribution in [0.5, 0.6) is 0 Å². The van der Waals surface area contributed by atoms with Crippen molar-refractivity contribution in [2.24, 2.45) is 5.92 Å². The van der Waals surface area contributed by atoms with Crippen molar-refractivity contribution in [2.45, 2.75) is 32.2 Å². The highest BCUT2D eigenvalue weighted by Gasteiger charge is 2.25. The smallest absolute Gasteiger partial charge is 0.227 e. The summed E-state index contributed by atoms with van der Waals surface area (Å²) in [5.74, 6) is 0.296. The maximum atomic E-state index is 12.7. The lowest BCUT2D eigenvalue weighted by Crippen LogP contribution is -2.37. The Morgan fingerprint density at radius 2 is 1.69 bits per heavy atom. The fourth-order valence-corrected chi connectivity index (χ4v) is 4.22. The Hall–Kier alpha value is -2.37. The molecule has 2 aliphatic rings. The van der Waals surface area contributed by atoms with Gasteiger partial charge >= 0.3 is 0 Å². The lowest BCUT2D eigenvalue weighted by molar-refractivity contribution is -0.121. The number of piperidine rings is 1. The quantitative estimate of drug-likeness (QED) is 0.797. The summed E-state index contributed by atoms with van der Waals surface area (Å²) in [6, 6.07) is 15.5. The summed E-state index contributed by atoms with van der Waals surface area (Å²) in [7, 11) is 0. The van der Waals surface area contributed by atoms with Crippen molar-refractivity contribution in [3.63, 3.8) is 0 Å². The molecule has 6 heteroatoms. The highest BCUT2D eigenvalue weighted by Crippen LogP contribution is 2.25. The van der Waals surface area contributed by atoms with Crippen molar-refractivity contribution in [1.82, 2.24) is 4.90 Å². The minimum absolute atomic E-state index is 0.0382. The molecule has 4 rings (SSSR count). The highest BCUT2D eigenvalue weighted by molar-refractivity contribution is 6.30. The first-order chi connectivity index (χ1) is 14.1. The molecule has 2 heterocycles. The van der Waals surface area contributed by atoms with Gasteiger partial charge in [0.25, 0.3) is 0 Å². The number of nitrogens with one attached hydrogen (secondary N) is 1. The molecule has 0 saturated carbocycles. The normalized spacial score (nSPS) is 18.2. The highest BCUT2D eigenvalue weighted by atomic mass is 35.5. The molecule has 0 aromatic heterocycles. The minimum atomic E-state index is 0.0382. The Kier molecular flexibility index (Phi) is 6.16. The molecule has 0 aliphatic carbocycles. The summed E-state index contributed by atoms with van der Waals surface area (Å²) in [4.78, 5) is 28.7. The first kappa shape index (κ1) is 19.9. The molecule has 2 fully saturated rings. The molecule has 5 nitrogen and oxygen atoms in total. The maximum absolute atomic E-state index is 12.7. The summed E-state index contributed by atoms with van der Waals surface area (Å²) in [5.41, 5.74) is 2.93. The van der Waals surface area contributed by atoms with E-state index >= 15 is 0 Å². The largest absolute Gasteiger partial charge is 0.326 e. The number of hydrogen-bond acceptors (Lipinski definition) is 3. The van der Waals surface area contributed by atoms with E-state index in [-0.39, 0.29) is 17.7 Å². The molecule has 0 radical (unpaired) electrons. The second-order valence-corrected chi connectivity index (χ2v) is 8.30. The fraction of sp³-hybridized carbons (Fsp3) is 0.391. The Balaban J connectivity index is 1.26. The van der Waals surface area contributed by atoms with Gasteiger partial charge in [-0.05, 0) is 74.3 Å². The van der Waals surface area contributed by atoms with Crippen LogP contribution in [0.25, 0.3) is 0 Å². The summed E-state index contributed by atoms with van der Waals surface area (Å²) >= 11 is 5.95. The van der Waals surface area contributed by atoms with Crippen molar-refractivity contribution >= 4 is 34.8 Å².